The van der Waals surface area contributed by atoms with Crippen molar-refractivity contribution in [1.82, 2.24) is 10.2 Å². The molecule has 4 N–H and O–H groups in total. The van der Waals surface area contributed by atoms with Gasteiger partial charge in [-0.25, -0.2) is 0 Å². The minimum absolute atomic E-state index is 0.130. The third-order valence-electron chi connectivity index (χ3n) is 3.46. The summed E-state index contributed by atoms with van der Waals surface area (Å²) in [5, 5.41) is 11.6. The molecule has 1 atom stereocenters. The fourth-order valence-electron chi connectivity index (χ4n) is 2.06. The smallest absolute Gasteiger partial charge is 0.311 e. The molecule has 0 radical (unpaired) electrons. The second-order valence-electron chi connectivity index (χ2n) is 4.49. The number of nitrogens with one attached hydrogen (secondary N) is 1. The zero-order valence-electron chi connectivity index (χ0n) is 10.4. The van der Waals surface area contributed by atoms with Gasteiger partial charge in [-0.1, -0.05) is 6.92 Å². The Bertz CT molecular complexity index is 358. The van der Waals surface area contributed by atoms with E-state index >= 15 is 0 Å². The summed E-state index contributed by atoms with van der Waals surface area (Å²) < 4.78 is 0. The van der Waals surface area contributed by atoms with Crippen molar-refractivity contribution in [2.24, 2.45) is 11.1 Å². The van der Waals surface area contributed by atoms with Crippen LogP contribution in [0.2, 0.25) is 0 Å². The molecule has 1 fully saturated rings. The minimum Gasteiger partial charge on any atom is -0.481 e. The Kier molecular flexibility index (Phi) is 4.66. The molecule has 1 aliphatic heterocycles. The summed E-state index contributed by atoms with van der Waals surface area (Å²) in [4.78, 5) is 35.4. The molecule has 1 unspecified atom stereocenters. The monoisotopic (exact) mass is 257 g/mol. The van der Waals surface area contributed by atoms with E-state index in [-0.39, 0.29) is 25.5 Å². The maximum atomic E-state index is 11.8. The summed E-state index contributed by atoms with van der Waals surface area (Å²) >= 11 is 0. The quantitative estimate of drug-likeness (QED) is 0.571. The van der Waals surface area contributed by atoms with Gasteiger partial charge in [0.15, 0.2) is 0 Å². The van der Waals surface area contributed by atoms with Crippen LogP contribution in [-0.4, -0.2) is 54.0 Å². The second-order valence-corrected chi connectivity index (χ2v) is 4.49. The number of nitrogens with zero attached hydrogens (tertiary/aromatic N) is 1. The molecular formula is C11H19N3O4. The number of carbonyl (C=O) groups excluding carboxylic acids is 2. The van der Waals surface area contributed by atoms with Crippen LogP contribution >= 0.6 is 0 Å². The van der Waals surface area contributed by atoms with E-state index in [1.165, 1.54) is 4.90 Å². The molecule has 102 valence electrons. The Morgan fingerprint density at radius 2 is 2.11 bits per heavy atom. The molecule has 7 heteroatoms. The van der Waals surface area contributed by atoms with Crippen LogP contribution in [0.25, 0.3) is 0 Å². The van der Waals surface area contributed by atoms with Crippen LogP contribution in [0.1, 0.15) is 19.8 Å². The number of carboxylic acid groups (broad SMARTS) is 1. The number of likely N-dealkylation sites (tertiary alicyclic amines) is 1. The maximum absolute atomic E-state index is 11.8. The number of nitrogens with two attached hydrogens (primary N) is 1. The molecule has 1 saturated heterocycles. The zero-order chi connectivity index (χ0) is 13.8. The van der Waals surface area contributed by atoms with Gasteiger partial charge in [0, 0.05) is 13.1 Å². The Morgan fingerprint density at radius 3 is 2.56 bits per heavy atom. The van der Waals surface area contributed by atoms with Crippen molar-refractivity contribution in [1.29, 1.82) is 0 Å². The number of carbonyl (C=O) groups is 3. The van der Waals surface area contributed by atoms with Crippen molar-refractivity contribution >= 4 is 17.8 Å². The molecule has 0 aromatic rings. The fraction of sp³-hybridized carbons (Fsp3) is 0.727. The summed E-state index contributed by atoms with van der Waals surface area (Å²) in [5.41, 5.74) is 4.26. The Hall–Kier alpha value is -1.63. The van der Waals surface area contributed by atoms with Gasteiger partial charge in [0.2, 0.25) is 11.8 Å². The molecule has 0 aromatic heterocycles. The molecule has 1 heterocycles. The van der Waals surface area contributed by atoms with Gasteiger partial charge in [-0.05, 0) is 12.8 Å². The van der Waals surface area contributed by atoms with Crippen LogP contribution in [0.3, 0.4) is 0 Å². The lowest BCUT2D eigenvalue weighted by atomic mass is 9.84. The second kappa shape index (κ2) is 5.81. The minimum atomic E-state index is -0.869. The first-order valence-corrected chi connectivity index (χ1v) is 5.93. The van der Waals surface area contributed by atoms with Crippen LogP contribution < -0.4 is 11.1 Å². The molecule has 0 bridgehead atoms. The largest absolute Gasteiger partial charge is 0.481 e. The highest BCUT2D eigenvalue weighted by Crippen LogP contribution is 2.34. The lowest BCUT2D eigenvalue weighted by Gasteiger charge is -2.23. The SMILES string of the molecule is CCC1(C(=O)O)CCN(C(=O)CNC(=O)CN)C1. The molecular weight excluding hydrogens is 238 g/mol. The van der Waals surface area contributed by atoms with E-state index in [2.05, 4.69) is 5.32 Å². The van der Waals surface area contributed by atoms with Gasteiger partial charge in [0.1, 0.15) is 0 Å². The maximum Gasteiger partial charge on any atom is 0.311 e. The standard InChI is InChI=1S/C11H19N3O4/c1-2-11(10(17)18)3-4-14(7-11)9(16)6-13-8(15)5-12/h2-7,12H2,1H3,(H,13,15)(H,17,18). The third-order valence-corrected chi connectivity index (χ3v) is 3.46. The van der Waals surface area contributed by atoms with Gasteiger partial charge >= 0.3 is 5.97 Å². The number of hydrogen-bond acceptors (Lipinski definition) is 4. The van der Waals surface area contributed by atoms with E-state index in [1.807, 2.05) is 0 Å². The van der Waals surface area contributed by atoms with Gasteiger partial charge in [-0.2, -0.15) is 0 Å². The van der Waals surface area contributed by atoms with Crippen molar-refractivity contribution in [2.75, 3.05) is 26.2 Å². The van der Waals surface area contributed by atoms with Crippen LogP contribution in [0, 0.1) is 5.41 Å². The van der Waals surface area contributed by atoms with E-state index in [0.29, 0.717) is 19.4 Å². The lowest BCUT2D eigenvalue weighted by Crippen LogP contribution is -2.42. The number of carboxylic acids is 1. The Balaban J connectivity index is 2.53. The summed E-state index contributed by atoms with van der Waals surface area (Å²) in [6, 6.07) is 0. The molecule has 1 aliphatic rings. The van der Waals surface area contributed by atoms with Crippen LogP contribution in [0.4, 0.5) is 0 Å². The highest BCUT2D eigenvalue weighted by Gasteiger charge is 2.44. The number of rotatable bonds is 5. The Labute approximate surface area is 105 Å². The molecule has 7 nitrogen and oxygen atoms in total. The molecule has 18 heavy (non-hydrogen) atoms. The van der Waals surface area contributed by atoms with Gasteiger partial charge < -0.3 is 21.1 Å². The van der Waals surface area contributed by atoms with Crippen molar-refractivity contribution < 1.29 is 19.5 Å². The summed E-state index contributed by atoms with van der Waals surface area (Å²) in [5.74, 6) is -1.54. The molecule has 0 saturated carbocycles. The fourth-order valence-corrected chi connectivity index (χ4v) is 2.06. The predicted octanol–water partition coefficient (Wildman–Crippen LogP) is -1.23. The average molecular weight is 257 g/mol. The zero-order valence-corrected chi connectivity index (χ0v) is 10.4. The highest BCUT2D eigenvalue weighted by atomic mass is 16.4. The van der Waals surface area contributed by atoms with Gasteiger partial charge in [0.05, 0.1) is 18.5 Å². The van der Waals surface area contributed by atoms with Crippen LogP contribution in [0.5, 0.6) is 0 Å². The van der Waals surface area contributed by atoms with E-state index in [0.717, 1.165) is 0 Å². The number of hydrogen-bond donors (Lipinski definition) is 3. The van der Waals surface area contributed by atoms with Crippen molar-refractivity contribution in [3.63, 3.8) is 0 Å². The topological polar surface area (TPSA) is 113 Å². The van der Waals surface area contributed by atoms with Gasteiger partial charge in [-0.3, -0.25) is 14.4 Å². The summed E-state index contributed by atoms with van der Waals surface area (Å²) in [7, 11) is 0. The Morgan fingerprint density at radius 1 is 1.44 bits per heavy atom. The van der Waals surface area contributed by atoms with E-state index in [4.69, 9.17) is 5.73 Å². The third kappa shape index (κ3) is 2.98. The first kappa shape index (κ1) is 14.4. The molecule has 2 amide bonds. The van der Waals surface area contributed by atoms with Crippen molar-refractivity contribution in [3.8, 4) is 0 Å². The number of aliphatic carboxylic acids is 1. The van der Waals surface area contributed by atoms with Gasteiger partial charge in [-0.15, -0.1) is 0 Å². The predicted molar refractivity (Wildman–Crippen MR) is 63.6 cm³/mol. The lowest BCUT2D eigenvalue weighted by molar-refractivity contribution is -0.148. The molecule has 0 aromatic carbocycles. The average Bonchev–Trinajstić information content (AvgIpc) is 2.81. The summed E-state index contributed by atoms with van der Waals surface area (Å²) in [6.45, 7) is 2.13. The van der Waals surface area contributed by atoms with E-state index in [1.54, 1.807) is 6.92 Å². The van der Waals surface area contributed by atoms with Crippen LogP contribution in [-0.2, 0) is 14.4 Å². The van der Waals surface area contributed by atoms with Crippen LogP contribution in [0.15, 0.2) is 0 Å². The highest BCUT2D eigenvalue weighted by molar-refractivity contribution is 5.86. The van der Waals surface area contributed by atoms with Gasteiger partial charge in [0.25, 0.3) is 0 Å². The normalized spacial score (nSPS) is 22.9. The van der Waals surface area contributed by atoms with Crippen molar-refractivity contribution in [2.45, 2.75) is 19.8 Å². The molecule has 1 rings (SSSR count). The molecule has 0 spiro atoms. The van der Waals surface area contributed by atoms with Crippen molar-refractivity contribution in [3.05, 3.63) is 0 Å². The first-order valence-electron chi connectivity index (χ1n) is 5.93. The molecule has 0 aliphatic carbocycles. The first-order chi connectivity index (χ1) is 8.45. The summed E-state index contributed by atoms with van der Waals surface area (Å²) in [6.07, 6.45) is 0.941. The number of amides is 2. The van der Waals surface area contributed by atoms with E-state index in [9.17, 15) is 19.5 Å². The van der Waals surface area contributed by atoms with E-state index < -0.39 is 17.3 Å².